The quantitative estimate of drug-likeness (QED) is 0.123. The lowest BCUT2D eigenvalue weighted by molar-refractivity contribution is -0.144. The Hall–Kier alpha value is -0.650. The van der Waals surface area contributed by atoms with Gasteiger partial charge in [-0.2, -0.15) is 0 Å². The largest absolute Gasteiger partial charge is 0.466 e. The van der Waals surface area contributed by atoms with Crippen LogP contribution in [0, 0.1) is 0 Å². The summed E-state index contributed by atoms with van der Waals surface area (Å²) in [6.07, 6.45) is 17.5. The van der Waals surface area contributed by atoms with E-state index in [-0.39, 0.29) is 5.97 Å². The molecule has 0 aliphatic heterocycles. The van der Waals surface area contributed by atoms with Gasteiger partial charge in [0, 0.05) is 19.6 Å². The van der Waals surface area contributed by atoms with E-state index < -0.39 is 0 Å². The number of ether oxygens (including phenoxy) is 4. The number of esters is 1. The molecule has 0 N–H and O–H groups in total. The Labute approximate surface area is 186 Å². The van der Waals surface area contributed by atoms with Crippen LogP contribution < -0.4 is 0 Å². The van der Waals surface area contributed by atoms with Gasteiger partial charge in [-0.25, -0.2) is 0 Å². The molecule has 0 fully saturated rings. The van der Waals surface area contributed by atoms with E-state index in [1.807, 2.05) is 0 Å². The molecule has 0 heterocycles. The Kier molecular flexibility index (Phi) is 25.8. The molecule has 0 aromatic carbocycles. The van der Waals surface area contributed by atoms with Crippen LogP contribution in [0.25, 0.3) is 0 Å². The fourth-order valence-electron chi connectivity index (χ4n) is 3.16. The molecule has 0 atom stereocenters. The fraction of sp³-hybridized carbons (Fsp3) is 0.960. The van der Waals surface area contributed by atoms with Gasteiger partial charge < -0.3 is 18.9 Å². The number of unbranched alkanes of at least 4 members (excludes halogenated alkanes) is 11. The molecule has 0 unspecified atom stereocenters. The number of hydrogen-bond acceptors (Lipinski definition) is 5. The standard InChI is InChI=1S/C25H50O5/c1-3-5-7-9-11-12-14-18-27-21-23-29-24-22-28-19-16-17-25(26)30-20-15-13-10-8-6-4-2/h3-24H2,1-2H3. The first-order valence-corrected chi connectivity index (χ1v) is 12.7. The highest BCUT2D eigenvalue weighted by Crippen LogP contribution is 2.07. The summed E-state index contributed by atoms with van der Waals surface area (Å²) in [6, 6.07) is 0. The molecule has 0 aromatic heterocycles. The molecule has 30 heavy (non-hydrogen) atoms. The molecule has 0 radical (unpaired) electrons. The van der Waals surface area contributed by atoms with Crippen molar-refractivity contribution in [2.24, 2.45) is 0 Å². The van der Waals surface area contributed by atoms with Gasteiger partial charge in [-0.15, -0.1) is 0 Å². The van der Waals surface area contributed by atoms with Crippen molar-refractivity contribution >= 4 is 5.97 Å². The molecule has 0 saturated carbocycles. The van der Waals surface area contributed by atoms with Gasteiger partial charge in [0.25, 0.3) is 0 Å². The monoisotopic (exact) mass is 430 g/mol. The van der Waals surface area contributed by atoms with E-state index in [9.17, 15) is 4.79 Å². The first-order chi connectivity index (χ1) is 14.8. The fourth-order valence-corrected chi connectivity index (χ4v) is 3.16. The van der Waals surface area contributed by atoms with Crippen molar-refractivity contribution in [3.05, 3.63) is 0 Å². The molecule has 0 amide bonds. The molecular formula is C25H50O5. The highest BCUT2D eigenvalue weighted by molar-refractivity contribution is 5.69. The Bertz CT molecular complexity index is 336. The summed E-state index contributed by atoms with van der Waals surface area (Å²) < 4.78 is 21.8. The van der Waals surface area contributed by atoms with E-state index in [1.165, 1.54) is 64.2 Å². The highest BCUT2D eigenvalue weighted by atomic mass is 16.5. The Morgan fingerprint density at radius 3 is 1.40 bits per heavy atom. The van der Waals surface area contributed by atoms with Crippen molar-refractivity contribution in [3.8, 4) is 0 Å². The summed E-state index contributed by atoms with van der Waals surface area (Å²) in [5, 5.41) is 0. The van der Waals surface area contributed by atoms with Gasteiger partial charge >= 0.3 is 5.97 Å². The topological polar surface area (TPSA) is 54.0 Å². The average molecular weight is 431 g/mol. The molecular weight excluding hydrogens is 380 g/mol. The van der Waals surface area contributed by atoms with Gasteiger partial charge in [-0.1, -0.05) is 84.5 Å². The Balaban J connectivity index is 3.11. The molecule has 5 heteroatoms. The van der Waals surface area contributed by atoms with E-state index in [1.54, 1.807) is 0 Å². The zero-order valence-corrected chi connectivity index (χ0v) is 20.1. The van der Waals surface area contributed by atoms with Crippen molar-refractivity contribution in [1.29, 1.82) is 0 Å². The van der Waals surface area contributed by atoms with Crippen molar-refractivity contribution in [3.63, 3.8) is 0 Å². The lowest BCUT2D eigenvalue weighted by atomic mass is 10.1. The molecule has 0 aliphatic rings. The van der Waals surface area contributed by atoms with Crippen LogP contribution in [0.15, 0.2) is 0 Å². The molecule has 0 rings (SSSR count). The first kappa shape index (κ1) is 29.4. The minimum Gasteiger partial charge on any atom is -0.466 e. The zero-order chi connectivity index (χ0) is 22.0. The molecule has 180 valence electrons. The average Bonchev–Trinajstić information content (AvgIpc) is 2.75. The van der Waals surface area contributed by atoms with Crippen LogP contribution in [0.2, 0.25) is 0 Å². The predicted octanol–water partition coefficient (Wildman–Crippen LogP) is 6.47. The Morgan fingerprint density at radius 2 is 0.867 bits per heavy atom. The third-order valence-corrected chi connectivity index (χ3v) is 5.07. The van der Waals surface area contributed by atoms with Gasteiger partial charge in [0.1, 0.15) is 0 Å². The maximum absolute atomic E-state index is 11.6. The summed E-state index contributed by atoms with van der Waals surface area (Å²) in [4.78, 5) is 11.6. The van der Waals surface area contributed by atoms with Crippen LogP contribution in [0.4, 0.5) is 0 Å². The predicted molar refractivity (Wildman–Crippen MR) is 124 cm³/mol. The lowest BCUT2D eigenvalue weighted by Crippen LogP contribution is -2.11. The van der Waals surface area contributed by atoms with Crippen molar-refractivity contribution in [1.82, 2.24) is 0 Å². The van der Waals surface area contributed by atoms with E-state index in [0.29, 0.717) is 52.5 Å². The maximum atomic E-state index is 11.6. The van der Waals surface area contributed by atoms with Gasteiger partial charge in [0.2, 0.25) is 0 Å². The minimum absolute atomic E-state index is 0.110. The van der Waals surface area contributed by atoms with Crippen LogP contribution in [-0.4, -0.2) is 52.2 Å². The zero-order valence-electron chi connectivity index (χ0n) is 20.1. The molecule has 0 saturated heterocycles. The number of rotatable bonds is 25. The Morgan fingerprint density at radius 1 is 0.467 bits per heavy atom. The van der Waals surface area contributed by atoms with Crippen LogP contribution in [0.5, 0.6) is 0 Å². The second-order valence-electron chi connectivity index (χ2n) is 8.05. The minimum atomic E-state index is -0.110. The molecule has 0 bridgehead atoms. The number of carbonyl (C=O) groups excluding carboxylic acids is 1. The normalized spacial score (nSPS) is 11.1. The van der Waals surface area contributed by atoms with E-state index in [2.05, 4.69) is 13.8 Å². The first-order valence-electron chi connectivity index (χ1n) is 12.7. The summed E-state index contributed by atoms with van der Waals surface area (Å²) in [5.74, 6) is -0.110. The van der Waals surface area contributed by atoms with Gasteiger partial charge in [0.05, 0.1) is 33.0 Å². The van der Waals surface area contributed by atoms with E-state index in [0.717, 1.165) is 25.9 Å². The molecule has 0 aliphatic carbocycles. The van der Waals surface area contributed by atoms with Crippen LogP contribution in [0.3, 0.4) is 0 Å². The van der Waals surface area contributed by atoms with Crippen molar-refractivity contribution in [2.75, 3.05) is 46.2 Å². The second-order valence-corrected chi connectivity index (χ2v) is 8.05. The van der Waals surface area contributed by atoms with E-state index >= 15 is 0 Å². The van der Waals surface area contributed by atoms with Crippen molar-refractivity contribution in [2.45, 2.75) is 110 Å². The van der Waals surface area contributed by atoms with Crippen LogP contribution in [-0.2, 0) is 23.7 Å². The number of carbonyl (C=O) groups is 1. The van der Waals surface area contributed by atoms with Crippen molar-refractivity contribution < 1.29 is 23.7 Å². The third kappa shape index (κ3) is 25.4. The van der Waals surface area contributed by atoms with Crippen LogP contribution in [0.1, 0.15) is 110 Å². The molecule has 0 aromatic rings. The summed E-state index contributed by atoms with van der Waals surface area (Å²) in [6.45, 7) is 8.83. The van der Waals surface area contributed by atoms with Gasteiger partial charge in [0.15, 0.2) is 0 Å². The molecule has 0 spiro atoms. The van der Waals surface area contributed by atoms with Gasteiger partial charge in [-0.05, 0) is 19.3 Å². The second kappa shape index (κ2) is 26.4. The SMILES string of the molecule is CCCCCCCCCOCCOCCOCCCC(=O)OCCCCCCCC. The summed E-state index contributed by atoms with van der Waals surface area (Å²) in [7, 11) is 0. The van der Waals surface area contributed by atoms with Crippen LogP contribution >= 0.6 is 0 Å². The highest BCUT2D eigenvalue weighted by Gasteiger charge is 2.02. The summed E-state index contributed by atoms with van der Waals surface area (Å²) in [5.41, 5.74) is 0. The number of hydrogen-bond donors (Lipinski definition) is 0. The smallest absolute Gasteiger partial charge is 0.305 e. The van der Waals surface area contributed by atoms with Gasteiger partial charge in [-0.3, -0.25) is 4.79 Å². The lowest BCUT2D eigenvalue weighted by Gasteiger charge is -2.07. The van der Waals surface area contributed by atoms with E-state index in [4.69, 9.17) is 18.9 Å². The maximum Gasteiger partial charge on any atom is 0.305 e. The third-order valence-electron chi connectivity index (χ3n) is 5.07. The molecule has 5 nitrogen and oxygen atoms in total. The summed E-state index contributed by atoms with van der Waals surface area (Å²) >= 11 is 0.